The van der Waals surface area contributed by atoms with E-state index < -0.39 is 5.60 Å². The maximum absolute atomic E-state index is 11.0. The average molecular weight is 286 g/mol. The molecule has 1 atom stereocenters. The fourth-order valence-electron chi connectivity index (χ4n) is 2.28. The smallest absolute Gasteiger partial charge is 0.125 e. The van der Waals surface area contributed by atoms with E-state index in [0.29, 0.717) is 6.61 Å². The van der Waals surface area contributed by atoms with Crippen molar-refractivity contribution in [2.75, 3.05) is 13.7 Å². The summed E-state index contributed by atoms with van der Waals surface area (Å²) in [5.74, 6) is 1.49. The zero-order valence-corrected chi connectivity index (χ0v) is 12.8. The van der Waals surface area contributed by atoms with Gasteiger partial charge >= 0.3 is 0 Å². The summed E-state index contributed by atoms with van der Waals surface area (Å²) in [4.78, 5) is 0. The first kappa shape index (κ1) is 15.4. The highest BCUT2D eigenvalue weighted by molar-refractivity contribution is 5.45. The van der Waals surface area contributed by atoms with Gasteiger partial charge in [0, 0.05) is 5.56 Å². The molecule has 0 aliphatic carbocycles. The van der Waals surface area contributed by atoms with Crippen LogP contribution in [0.25, 0.3) is 0 Å². The van der Waals surface area contributed by atoms with Crippen LogP contribution in [0.4, 0.5) is 0 Å². The summed E-state index contributed by atoms with van der Waals surface area (Å²) in [5, 5.41) is 11.0. The standard InChI is InChI=1S/C18H22O3/c1-4-13-21-17-8-6-5-7-16(17)18(2,19)14-9-11-15(20-3)12-10-14/h5-12,19H,4,13H2,1-3H3. The molecule has 0 fully saturated rings. The van der Waals surface area contributed by atoms with Crippen LogP contribution in [0.15, 0.2) is 48.5 Å². The van der Waals surface area contributed by atoms with E-state index in [-0.39, 0.29) is 0 Å². The molecule has 0 amide bonds. The summed E-state index contributed by atoms with van der Waals surface area (Å²) < 4.78 is 10.9. The zero-order valence-electron chi connectivity index (χ0n) is 12.8. The maximum Gasteiger partial charge on any atom is 0.125 e. The summed E-state index contributed by atoms with van der Waals surface area (Å²) in [7, 11) is 1.63. The van der Waals surface area contributed by atoms with Crippen LogP contribution in [-0.4, -0.2) is 18.8 Å². The molecule has 0 spiro atoms. The lowest BCUT2D eigenvalue weighted by molar-refractivity contribution is 0.0977. The molecule has 0 aromatic heterocycles. The van der Waals surface area contributed by atoms with Crippen LogP contribution < -0.4 is 9.47 Å². The molecule has 0 saturated heterocycles. The van der Waals surface area contributed by atoms with Crippen LogP contribution in [0.2, 0.25) is 0 Å². The largest absolute Gasteiger partial charge is 0.497 e. The van der Waals surface area contributed by atoms with E-state index in [0.717, 1.165) is 29.0 Å². The van der Waals surface area contributed by atoms with Gasteiger partial charge in [-0.15, -0.1) is 0 Å². The van der Waals surface area contributed by atoms with Gasteiger partial charge in [0.1, 0.15) is 17.1 Å². The van der Waals surface area contributed by atoms with E-state index in [2.05, 4.69) is 6.92 Å². The normalized spacial score (nSPS) is 13.5. The molecule has 21 heavy (non-hydrogen) atoms. The Labute approximate surface area is 126 Å². The minimum absolute atomic E-state index is 0.635. The van der Waals surface area contributed by atoms with Crippen molar-refractivity contribution < 1.29 is 14.6 Å². The number of aliphatic hydroxyl groups is 1. The molecule has 1 unspecified atom stereocenters. The highest BCUT2D eigenvalue weighted by Crippen LogP contribution is 2.35. The molecular formula is C18H22O3. The van der Waals surface area contributed by atoms with Crippen molar-refractivity contribution in [3.05, 3.63) is 59.7 Å². The molecule has 0 radical (unpaired) electrons. The molecule has 3 heteroatoms. The van der Waals surface area contributed by atoms with Gasteiger partial charge in [-0.25, -0.2) is 0 Å². The minimum atomic E-state index is -1.11. The highest BCUT2D eigenvalue weighted by Gasteiger charge is 2.28. The van der Waals surface area contributed by atoms with Crippen LogP contribution in [0.1, 0.15) is 31.4 Å². The topological polar surface area (TPSA) is 38.7 Å². The average Bonchev–Trinajstić information content (AvgIpc) is 2.53. The molecule has 1 N–H and O–H groups in total. The molecular weight excluding hydrogens is 264 g/mol. The quantitative estimate of drug-likeness (QED) is 0.879. The van der Waals surface area contributed by atoms with Crippen molar-refractivity contribution in [2.24, 2.45) is 0 Å². The van der Waals surface area contributed by atoms with Crippen LogP contribution in [0.5, 0.6) is 11.5 Å². The zero-order chi connectivity index (χ0) is 15.3. The summed E-state index contributed by atoms with van der Waals surface area (Å²) >= 11 is 0. The highest BCUT2D eigenvalue weighted by atomic mass is 16.5. The number of hydrogen-bond donors (Lipinski definition) is 1. The summed E-state index contributed by atoms with van der Waals surface area (Å²) in [6.45, 7) is 4.48. The van der Waals surface area contributed by atoms with Gasteiger partial charge in [0.15, 0.2) is 0 Å². The van der Waals surface area contributed by atoms with E-state index in [4.69, 9.17) is 9.47 Å². The van der Waals surface area contributed by atoms with Crippen LogP contribution in [-0.2, 0) is 5.60 Å². The number of ether oxygens (including phenoxy) is 2. The number of rotatable bonds is 6. The Morgan fingerprint density at radius 2 is 1.71 bits per heavy atom. The van der Waals surface area contributed by atoms with Gasteiger partial charge in [0.25, 0.3) is 0 Å². The molecule has 0 aliphatic heterocycles. The molecule has 2 aromatic rings. The Hall–Kier alpha value is -2.00. The third-order valence-corrected chi connectivity index (χ3v) is 3.53. The lowest BCUT2D eigenvalue weighted by Gasteiger charge is -2.27. The predicted molar refractivity (Wildman–Crippen MR) is 83.9 cm³/mol. The van der Waals surface area contributed by atoms with E-state index in [1.165, 1.54) is 0 Å². The van der Waals surface area contributed by atoms with Gasteiger partial charge in [-0.05, 0) is 37.1 Å². The Bertz CT molecular complexity index is 573. The van der Waals surface area contributed by atoms with E-state index in [1.807, 2.05) is 48.5 Å². The molecule has 2 rings (SSSR count). The van der Waals surface area contributed by atoms with Crippen molar-refractivity contribution in [2.45, 2.75) is 25.9 Å². The lowest BCUT2D eigenvalue weighted by Crippen LogP contribution is -2.23. The lowest BCUT2D eigenvalue weighted by atomic mass is 9.87. The monoisotopic (exact) mass is 286 g/mol. The molecule has 0 heterocycles. The predicted octanol–water partition coefficient (Wildman–Crippen LogP) is 3.74. The maximum atomic E-state index is 11.0. The van der Waals surface area contributed by atoms with E-state index >= 15 is 0 Å². The number of hydrogen-bond acceptors (Lipinski definition) is 3. The summed E-state index contributed by atoms with van der Waals surface area (Å²) in [6.07, 6.45) is 0.930. The van der Waals surface area contributed by atoms with Crippen molar-refractivity contribution in [1.82, 2.24) is 0 Å². The van der Waals surface area contributed by atoms with Gasteiger partial charge < -0.3 is 14.6 Å². The molecule has 3 nitrogen and oxygen atoms in total. The van der Waals surface area contributed by atoms with Crippen molar-refractivity contribution in [1.29, 1.82) is 0 Å². The van der Waals surface area contributed by atoms with Gasteiger partial charge in [-0.1, -0.05) is 37.3 Å². The molecule has 2 aromatic carbocycles. The van der Waals surface area contributed by atoms with Gasteiger partial charge in [0.05, 0.1) is 13.7 Å². The molecule has 0 saturated carbocycles. The number of methoxy groups -OCH3 is 1. The summed E-state index contributed by atoms with van der Waals surface area (Å²) in [6, 6.07) is 15.0. The number of para-hydroxylation sites is 1. The van der Waals surface area contributed by atoms with Crippen molar-refractivity contribution >= 4 is 0 Å². The third-order valence-electron chi connectivity index (χ3n) is 3.53. The molecule has 0 aliphatic rings. The van der Waals surface area contributed by atoms with Crippen LogP contribution in [0, 0.1) is 0 Å². The molecule has 0 bridgehead atoms. The van der Waals surface area contributed by atoms with Crippen molar-refractivity contribution in [3.63, 3.8) is 0 Å². The summed E-state index contributed by atoms with van der Waals surface area (Å²) in [5.41, 5.74) is 0.454. The fourth-order valence-corrected chi connectivity index (χ4v) is 2.28. The second-order valence-electron chi connectivity index (χ2n) is 5.15. The number of benzene rings is 2. The van der Waals surface area contributed by atoms with E-state index in [9.17, 15) is 5.11 Å². The minimum Gasteiger partial charge on any atom is -0.497 e. The first-order valence-corrected chi connectivity index (χ1v) is 7.18. The third kappa shape index (κ3) is 3.37. The Morgan fingerprint density at radius 1 is 1.05 bits per heavy atom. The van der Waals surface area contributed by atoms with E-state index in [1.54, 1.807) is 14.0 Å². The van der Waals surface area contributed by atoms with Crippen LogP contribution >= 0.6 is 0 Å². The van der Waals surface area contributed by atoms with Gasteiger partial charge in [-0.3, -0.25) is 0 Å². The SMILES string of the molecule is CCCOc1ccccc1C(C)(O)c1ccc(OC)cc1. The van der Waals surface area contributed by atoms with Gasteiger partial charge in [-0.2, -0.15) is 0 Å². The first-order chi connectivity index (χ1) is 10.1. The van der Waals surface area contributed by atoms with Crippen LogP contribution in [0.3, 0.4) is 0 Å². The Morgan fingerprint density at radius 3 is 2.33 bits per heavy atom. The van der Waals surface area contributed by atoms with Gasteiger partial charge in [0.2, 0.25) is 0 Å². The first-order valence-electron chi connectivity index (χ1n) is 7.18. The second-order valence-corrected chi connectivity index (χ2v) is 5.15. The Kier molecular flexibility index (Phi) is 4.86. The fraction of sp³-hybridized carbons (Fsp3) is 0.333. The Balaban J connectivity index is 2.37. The molecule has 112 valence electrons. The second kappa shape index (κ2) is 6.64. The van der Waals surface area contributed by atoms with Crippen molar-refractivity contribution in [3.8, 4) is 11.5 Å².